The Kier molecular flexibility index (Phi) is 6.43. The van der Waals surface area contributed by atoms with Crippen LogP contribution in [-0.2, 0) is 10.2 Å². The third-order valence-corrected chi connectivity index (χ3v) is 5.97. The first-order valence-electron chi connectivity index (χ1n) is 10.8. The first-order valence-corrected chi connectivity index (χ1v) is 10.8. The molecule has 0 aromatic heterocycles. The summed E-state index contributed by atoms with van der Waals surface area (Å²) in [5.74, 6) is 2.47. The van der Waals surface area contributed by atoms with Crippen LogP contribution in [-0.4, -0.2) is 39.1 Å². The van der Waals surface area contributed by atoms with Gasteiger partial charge < -0.3 is 24.8 Å². The molecule has 0 aliphatic carbocycles. The fraction of sp³-hybridized carbons (Fsp3) is 0.458. The summed E-state index contributed by atoms with van der Waals surface area (Å²) in [5, 5.41) is 6.94. The van der Waals surface area contributed by atoms with Gasteiger partial charge in [0, 0.05) is 25.2 Å². The van der Waals surface area contributed by atoms with Crippen molar-refractivity contribution >= 4 is 5.96 Å². The van der Waals surface area contributed by atoms with E-state index in [0.717, 1.165) is 50.1 Å². The number of aliphatic imine (C=N–C) groups is 1. The van der Waals surface area contributed by atoms with Gasteiger partial charge in [0.2, 0.25) is 6.79 Å². The first-order chi connectivity index (χ1) is 14.7. The molecule has 0 bridgehead atoms. The van der Waals surface area contributed by atoms with E-state index < -0.39 is 0 Å². The van der Waals surface area contributed by atoms with Gasteiger partial charge in [-0.15, -0.1) is 0 Å². The van der Waals surface area contributed by atoms with Crippen LogP contribution in [0.5, 0.6) is 11.5 Å². The summed E-state index contributed by atoms with van der Waals surface area (Å²) in [7, 11) is 0. The number of hydrogen-bond acceptors (Lipinski definition) is 4. The minimum absolute atomic E-state index is 0.0719. The summed E-state index contributed by atoms with van der Waals surface area (Å²) in [4.78, 5) is 5.01. The Labute approximate surface area is 178 Å². The zero-order chi connectivity index (χ0) is 20.8. The van der Waals surface area contributed by atoms with Gasteiger partial charge in [-0.05, 0) is 49.9 Å². The maximum absolute atomic E-state index is 5.68. The molecule has 1 unspecified atom stereocenters. The van der Waals surface area contributed by atoms with Crippen LogP contribution >= 0.6 is 0 Å². The third kappa shape index (κ3) is 4.54. The standard InChI is InChI=1S/C24H31N3O3/c1-3-25-23(27-18(2)19-7-5-4-6-8-19)26-16-24(11-13-28-14-12-24)20-9-10-21-22(15-20)30-17-29-21/h4-10,15,18H,3,11-14,16-17H2,1-2H3,(H2,25,26,27). The van der Waals surface area contributed by atoms with Gasteiger partial charge in [-0.3, -0.25) is 4.99 Å². The van der Waals surface area contributed by atoms with Crippen molar-refractivity contribution in [3.8, 4) is 11.5 Å². The summed E-state index contributed by atoms with van der Waals surface area (Å²) in [5.41, 5.74) is 2.41. The lowest BCUT2D eigenvalue weighted by molar-refractivity contribution is 0.0530. The molecule has 0 amide bonds. The maximum atomic E-state index is 5.68. The van der Waals surface area contributed by atoms with E-state index in [1.54, 1.807) is 0 Å². The average Bonchev–Trinajstić information content (AvgIpc) is 3.27. The summed E-state index contributed by atoms with van der Waals surface area (Å²) < 4.78 is 16.8. The van der Waals surface area contributed by atoms with E-state index in [9.17, 15) is 0 Å². The highest BCUT2D eigenvalue weighted by molar-refractivity contribution is 5.80. The minimum Gasteiger partial charge on any atom is -0.454 e. The molecular weight excluding hydrogens is 378 g/mol. The molecule has 2 aliphatic heterocycles. The van der Waals surface area contributed by atoms with Gasteiger partial charge in [-0.2, -0.15) is 0 Å². The van der Waals surface area contributed by atoms with Crippen molar-refractivity contribution in [2.45, 2.75) is 38.1 Å². The Hall–Kier alpha value is -2.73. The molecule has 2 aromatic carbocycles. The molecular formula is C24H31N3O3. The Bertz CT molecular complexity index is 863. The number of fused-ring (bicyclic) bond motifs is 1. The predicted molar refractivity (Wildman–Crippen MR) is 118 cm³/mol. The molecule has 2 N–H and O–H groups in total. The van der Waals surface area contributed by atoms with Gasteiger partial charge in [-0.25, -0.2) is 0 Å². The van der Waals surface area contributed by atoms with Crippen molar-refractivity contribution in [2.24, 2.45) is 4.99 Å². The van der Waals surface area contributed by atoms with Crippen LogP contribution in [0, 0.1) is 0 Å². The van der Waals surface area contributed by atoms with Crippen LogP contribution < -0.4 is 20.1 Å². The second-order valence-corrected chi connectivity index (χ2v) is 7.93. The number of nitrogens with zero attached hydrogens (tertiary/aromatic N) is 1. The van der Waals surface area contributed by atoms with Crippen molar-refractivity contribution in [1.82, 2.24) is 10.6 Å². The lowest BCUT2D eigenvalue weighted by Gasteiger charge is -2.37. The van der Waals surface area contributed by atoms with Crippen LogP contribution in [0.1, 0.15) is 43.9 Å². The van der Waals surface area contributed by atoms with E-state index in [2.05, 4.69) is 60.9 Å². The maximum Gasteiger partial charge on any atom is 0.231 e. The summed E-state index contributed by atoms with van der Waals surface area (Å²) >= 11 is 0. The average molecular weight is 410 g/mol. The van der Waals surface area contributed by atoms with E-state index in [4.69, 9.17) is 19.2 Å². The topological polar surface area (TPSA) is 64.1 Å². The van der Waals surface area contributed by atoms with Gasteiger partial charge in [0.25, 0.3) is 0 Å². The summed E-state index contributed by atoms with van der Waals surface area (Å²) in [6.07, 6.45) is 1.87. The van der Waals surface area contributed by atoms with E-state index in [1.807, 2.05) is 12.1 Å². The van der Waals surface area contributed by atoms with Crippen LogP contribution in [0.3, 0.4) is 0 Å². The van der Waals surface area contributed by atoms with Crippen LogP contribution in [0.25, 0.3) is 0 Å². The molecule has 6 heteroatoms. The number of nitrogens with one attached hydrogen (secondary N) is 2. The van der Waals surface area contributed by atoms with Gasteiger partial charge in [-0.1, -0.05) is 36.4 Å². The quantitative estimate of drug-likeness (QED) is 0.562. The molecule has 0 radical (unpaired) electrons. The Morgan fingerprint density at radius 1 is 1.07 bits per heavy atom. The molecule has 1 fully saturated rings. The Balaban J connectivity index is 1.55. The Morgan fingerprint density at radius 3 is 2.60 bits per heavy atom. The molecule has 2 heterocycles. The van der Waals surface area contributed by atoms with E-state index in [-0.39, 0.29) is 11.5 Å². The molecule has 160 valence electrons. The van der Waals surface area contributed by atoms with Crippen LogP contribution in [0.2, 0.25) is 0 Å². The Morgan fingerprint density at radius 2 is 1.83 bits per heavy atom. The number of guanidine groups is 1. The largest absolute Gasteiger partial charge is 0.454 e. The normalized spacial score (nSPS) is 18.7. The number of rotatable bonds is 6. The lowest BCUT2D eigenvalue weighted by atomic mass is 9.74. The van der Waals surface area contributed by atoms with Crippen LogP contribution in [0.4, 0.5) is 0 Å². The van der Waals surface area contributed by atoms with E-state index >= 15 is 0 Å². The number of hydrogen-bond donors (Lipinski definition) is 2. The smallest absolute Gasteiger partial charge is 0.231 e. The number of ether oxygens (including phenoxy) is 3. The third-order valence-electron chi connectivity index (χ3n) is 5.97. The van der Waals surface area contributed by atoms with E-state index in [1.165, 1.54) is 11.1 Å². The highest BCUT2D eigenvalue weighted by Crippen LogP contribution is 2.41. The zero-order valence-electron chi connectivity index (χ0n) is 17.8. The summed E-state index contributed by atoms with van der Waals surface area (Å²) in [6, 6.07) is 16.9. The van der Waals surface area contributed by atoms with Crippen molar-refractivity contribution in [2.75, 3.05) is 33.1 Å². The fourth-order valence-corrected chi connectivity index (χ4v) is 4.11. The highest BCUT2D eigenvalue weighted by atomic mass is 16.7. The summed E-state index contributed by atoms with van der Waals surface area (Å²) in [6.45, 7) is 7.53. The second-order valence-electron chi connectivity index (χ2n) is 7.93. The number of benzene rings is 2. The highest BCUT2D eigenvalue weighted by Gasteiger charge is 2.35. The molecule has 30 heavy (non-hydrogen) atoms. The molecule has 6 nitrogen and oxygen atoms in total. The molecule has 2 aromatic rings. The van der Waals surface area contributed by atoms with Gasteiger partial charge >= 0.3 is 0 Å². The van der Waals surface area contributed by atoms with Gasteiger partial charge in [0.15, 0.2) is 17.5 Å². The minimum atomic E-state index is -0.0719. The fourth-order valence-electron chi connectivity index (χ4n) is 4.11. The molecule has 0 saturated carbocycles. The lowest BCUT2D eigenvalue weighted by Crippen LogP contribution is -2.42. The van der Waals surface area contributed by atoms with Crippen LogP contribution in [0.15, 0.2) is 53.5 Å². The van der Waals surface area contributed by atoms with Gasteiger partial charge in [0.1, 0.15) is 0 Å². The first kappa shape index (κ1) is 20.5. The second kappa shape index (κ2) is 9.39. The SMILES string of the molecule is CCNC(=NCC1(c2ccc3c(c2)OCO3)CCOCC1)NC(C)c1ccccc1. The molecule has 2 aliphatic rings. The predicted octanol–water partition coefficient (Wildman–Crippen LogP) is 3.78. The van der Waals surface area contributed by atoms with E-state index in [0.29, 0.717) is 13.3 Å². The monoisotopic (exact) mass is 409 g/mol. The molecule has 1 saturated heterocycles. The molecule has 0 spiro atoms. The van der Waals surface area contributed by atoms with Crippen molar-refractivity contribution in [1.29, 1.82) is 0 Å². The van der Waals surface area contributed by atoms with Gasteiger partial charge in [0.05, 0.1) is 12.6 Å². The molecule has 4 rings (SSSR count). The zero-order valence-corrected chi connectivity index (χ0v) is 17.8. The van der Waals surface area contributed by atoms with Crippen molar-refractivity contribution in [3.63, 3.8) is 0 Å². The van der Waals surface area contributed by atoms with Crippen molar-refractivity contribution in [3.05, 3.63) is 59.7 Å². The van der Waals surface area contributed by atoms with Crippen molar-refractivity contribution < 1.29 is 14.2 Å². The molecule has 1 atom stereocenters.